The van der Waals surface area contributed by atoms with Gasteiger partial charge in [0.05, 0.1) is 0 Å². The number of unbranched alkanes of at least 4 members (excludes halogenated alkanes) is 1. The first-order valence-corrected chi connectivity index (χ1v) is 5.35. The predicted molar refractivity (Wildman–Crippen MR) is 64.3 cm³/mol. The molecule has 0 radical (unpaired) electrons. The first-order chi connectivity index (χ1) is 7.27. The largest absolute Gasteiger partial charge is 0.396 e. The summed E-state index contributed by atoms with van der Waals surface area (Å²) >= 11 is 0. The molecule has 3 N–H and O–H groups in total. The molecular weight excluding hydrogens is 186 g/mol. The Kier molecular flexibility index (Phi) is 5.08. The molecule has 82 valence electrons. The van der Waals surface area contributed by atoms with E-state index in [1.165, 1.54) is 11.1 Å². The predicted octanol–water partition coefficient (Wildman–Crippen LogP) is 2.32. The zero-order chi connectivity index (χ0) is 11.1. The van der Waals surface area contributed by atoms with E-state index in [9.17, 15) is 0 Å². The maximum absolute atomic E-state index is 8.67. The van der Waals surface area contributed by atoms with Crippen LogP contribution < -0.4 is 5.73 Å². The van der Waals surface area contributed by atoms with Crippen LogP contribution in [0.4, 0.5) is 0 Å². The summed E-state index contributed by atoms with van der Waals surface area (Å²) in [6, 6.07) is 8.29. The van der Waals surface area contributed by atoms with Gasteiger partial charge in [-0.15, -0.1) is 0 Å². The highest BCUT2D eigenvalue weighted by molar-refractivity contribution is 5.63. The summed E-state index contributed by atoms with van der Waals surface area (Å²) in [5.74, 6) is 0. The van der Waals surface area contributed by atoms with Crippen molar-refractivity contribution in [3.05, 3.63) is 41.5 Å². The van der Waals surface area contributed by atoms with Crippen LogP contribution >= 0.6 is 0 Å². The van der Waals surface area contributed by atoms with Gasteiger partial charge in [-0.05, 0) is 36.5 Å². The fourth-order valence-corrected chi connectivity index (χ4v) is 1.43. The maximum atomic E-state index is 8.67. The Bertz CT molecular complexity index is 314. The lowest BCUT2D eigenvalue weighted by Crippen LogP contribution is -1.95. The van der Waals surface area contributed by atoms with E-state index in [1.807, 2.05) is 0 Å². The monoisotopic (exact) mass is 205 g/mol. The van der Waals surface area contributed by atoms with Gasteiger partial charge in [0.1, 0.15) is 0 Å². The Morgan fingerprint density at radius 3 is 2.53 bits per heavy atom. The molecule has 0 aliphatic rings. The number of rotatable bonds is 5. The smallest absolute Gasteiger partial charge is 0.0433 e. The number of allylic oxidation sites excluding steroid dienone is 2. The highest BCUT2D eigenvalue weighted by Crippen LogP contribution is 2.15. The SMILES string of the molecule is C/C(=C\CCCO)c1ccc(CN)cc1. The Morgan fingerprint density at radius 1 is 1.33 bits per heavy atom. The van der Waals surface area contributed by atoms with Crippen molar-refractivity contribution in [3.8, 4) is 0 Å². The second kappa shape index (κ2) is 6.38. The Balaban J connectivity index is 2.65. The minimum absolute atomic E-state index is 0.260. The fourth-order valence-electron chi connectivity index (χ4n) is 1.43. The number of benzene rings is 1. The van der Waals surface area contributed by atoms with Gasteiger partial charge in [0.25, 0.3) is 0 Å². The van der Waals surface area contributed by atoms with Crippen LogP contribution in [0.3, 0.4) is 0 Å². The van der Waals surface area contributed by atoms with Crippen molar-refractivity contribution in [2.24, 2.45) is 5.73 Å². The molecule has 0 bridgehead atoms. The molecule has 15 heavy (non-hydrogen) atoms. The maximum Gasteiger partial charge on any atom is 0.0433 e. The third-order valence-corrected chi connectivity index (χ3v) is 2.46. The van der Waals surface area contributed by atoms with Crippen molar-refractivity contribution in [2.45, 2.75) is 26.3 Å². The summed E-state index contributed by atoms with van der Waals surface area (Å²) in [5.41, 5.74) is 9.17. The van der Waals surface area contributed by atoms with Crippen LogP contribution in [0.25, 0.3) is 5.57 Å². The van der Waals surface area contributed by atoms with Crippen molar-refractivity contribution in [1.29, 1.82) is 0 Å². The van der Waals surface area contributed by atoms with Crippen LogP contribution in [0.1, 0.15) is 30.9 Å². The molecule has 2 nitrogen and oxygen atoms in total. The standard InChI is InChI=1S/C13H19NO/c1-11(4-2-3-9-15)13-7-5-12(10-14)6-8-13/h4-8,15H,2-3,9-10,14H2,1H3/b11-4+. The van der Waals surface area contributed by atoms with Gasteiger partial charge in [-0.25, -0.2) is 0 Å². The molecule has 0 saturated heterocycles. The van der Waals surface area contributed by atoms with E-state index in [-0.39, 0.29) is 6.61 Å². The molecular formula is C13H19NO. The first kappa shape index (κ1) is 12.0. The lowest BCUT2D eigenvalue weighted by Gasteiger charge is -2.03. The average molecular weight is 205 g/mol. The summed E-state index contributed by atoms with van der Waals surface area (Å²) in [6.45, 7) is 2.94. The van der Waals surface area contributed by atoms with Crippen LogP contribution in [-0.2, 0) is 6.54 Å². The molecule has 0 amide bonds. The van der Waals surface area contributed by atoms with E-state index in [0.29, 0.717) is 6.54 Å². The van der Waals surface area contributed by atoms with E-state index >= 15 is 0 Å². The molecule has 1 aromatic rings. The average Bonchev–Trinajstić information content (AvgIpc) is 2.29. The summed E-state index contributed by atoms with van der Waals surface area (Å²) in [4.78, 5) is 0. The van der Waals surface area contributed by atoms with Crippen LogP contribution in [0.2, 0.25) is 0 Å². The molecule has 0 unspecified atom stereocenters. The number of aliphatic hydroxyl groups is 1. The minimum atomic E-state index is 0.260. The molecule has 0 aliphatic heterocycles. The van der Waals surface area contributed by atoms with E-state index in [2.05, 4.69) is 37.3 Å². The topological polar surface area (TPSA) is 46.2 Å². The van der Waals surface area contributed by atoms with E-state index in [4.69, 9.17) is 10.8 Å². The zero-order valence-corrected chi connectivity index (χ0v) is 9.24. The molecule has 2 heteroatoms. The lowest BCUT2D eigenvalue weighted by atomic mass is 10.0. The molecule has 0 aliphatic carbocycles. The third-order valence-electron chi connectivity index (χ3n) is 2.46. The minimum Gasteiger partial charge on any atom is -0.396 e. The molecule has 0 spiro atoms. The highest BCUT2D eigenvalue weighted by atomic mass is 16.2. The van der Waals surface area contributed by atoms with Crippen molar-refractivity contribution < 1.29 is 5.11 Å². The molecule has 0 heterocycles. The van der Waals surface area contributed by atoms with Gasteiger partial charge in [0, 0.05) is 13.2 Å². The van der Waals surface area contributed by atoms with Gasteiger partial charge >= 0.3 is 0 Å². The van der Waals surface area contributed by atoms with Crippen molar-refractivity contribution in [1.82, 2.24) is 0 Å². The quantitative estimate of drug-likeness (QED) is 0.725. The highest BCUT2D eigenvalue weighted by Gasteiger charge is 1.95. The molecule has 1 aromatic carbocycles. The molecule has 0 aromatic heterocycles. The normalized spacial score (nSPS) is 11.8. The second-order valence-electron chi connectivity index (χ2n) is 3.65. The van der Waals surface area contributed by atoms with Crippen LogP contribution in [0, 0.1) is 0 Å². The van der Waals surface area contributed by atoms with Crippen LogP contribution in [-0.4, -0.2) is 11.7 Å². The Hall–Kier alpha value is -1.12. The van der Waals surface area contributed by atoms with Crippen molar-refractivity contribution in [3.63, 3.8) is 0 Å². The zero-order valence-electron chi connectivity index (χ0n) is 9.24. The second-order valence-corrected chi connectivity index (χ2v) is 3.65. The lowest BCUT2D eigenvalue weighted by molar-refractivity contribution is 0.289. The van der Waals surface area contributed by atoms with Crippen molar-refractivity contribution in [2.75, 3.05) is 6.61 Å². The van der Waals surface area contributed by atoms with Gasteiger partial charge in [0.2, 0.25) is 0 Å². The van der Waals surface area contributed by atoms with Gasteiger partial charge in [0.15, 0.2) is 0 Å². The third kappa shape index (κ3) is 3.86. The molecule has 0 fully saturated rings. The number of hydrogen-bond acceptors (Lipinski definition) is 2. The summed E-state index contributed by atoms with van der Waals surface area (Å²) < 4.78 is 0. The van der Waals surface area contributed by atoms with Gasteiger partial charge in [-0.3, -0.25) is 0 Å². The van der Waals surface area contributed by atoms with Gasteiger partial charge in [-0.1, -0.05) is 30.3 Å². The van der Waals surface area contributed by atoms with Crippen LogP contribution in [0.5, 0.6) is 0 Å². The van der Waals surface area contributed by atoms with Gasteiger partial charge < -0.3 is 10.8 Å². The molecule has 0 saturated carbocycles. The van der Waals surface area contributed by atoms with Crippen molar-refractivity contribution >= 4 is 5.57 Å². The fraction of sp³-hybridized carbons (Fsp3) is 0.385. The van der Waals surface area contributed by atoms with E-state index in [0.717, 1.165) is 18.4 Å². The van der Waals surface area contributed by atoms with Gasteiger partial charge in [-0.2, -0.15) is 0 Å². The number of nitrogens with two attached hydrogens (primary N) is 1. The molecule has 1 rings (SSSR count). The number of aliphatic hydroxyl groups excluding tert-OH is 1. The summed E-state index contributed by atoms with van der Waals surface area (Å²) in [7, 11) is 0. The molecule has 0 atom stereocenters. The number of hydrogen-bond donors (Lipinski definition) is 2. The van der Waals surface area contributed by atoms with E-state index in [1.54, 1.807) is 0 Å². The Labute approximate surface area is 91.4 Å². The van der Waals surface area contributed by atoms with E-state index < -0.39 is 0 Å². The summed E-state index contributed by atoms with van der Waals surface area (Å²) in [6.07, 6.45) is 3.92. The first-order valence-electron chi connectivity index (χ1n) is 5.35. The summed E-state index contributed by atoms with van der Waals surface area (Å²) in [5, 5.41) is 8.67. The van der Waals surface area contributed by atoms with Crippen LogP contribution in [0.15, 0.2) is 30.3 Å². The Morgan fingerprint density at radius 2 is 2.00 bits per heavy atom.